The van der Waals surface area contributed by atoms with Gasteiger partial charge >= 0.3 is 0 Å². The normalized spacial score (nSPS) is 23.2. The number of pyridine rings is 1. The molecule has 156 valence electrons. The molecule has 2 aliphatic rings. The van der Waals surface area contributed by atoms with Gasteiger partial charge in [0.05, 0.1) is 36.4 Å². The fourth-order valence-electron chi connectivity index (χ4n) is 3.59. The summed E-state index contributed by atoms with van der Waals surface area (Å²) in [6.45, 7) is 3.68. The van der Waals surface area contributed by atoms with Gasteiger partial charge in [0.15, 0.2) is 0 Å². The molecule has 2 N–H and O–H groups in total. The van der Waals surface area contributed by atoms with Crippen LogP contribution in [0, 0.1) is 6.92 Å². The Labute approximate surface area is 169 Å². The molecular weight excluding hydrogens is 396 g/mol. The zero-order valence-electron chi connectivity index (χ0n) is 16.1. The number of anilines is 1. The van der Waals surface area contributed by atoms with Gasteiger partial charge < -0.3 is 15.4 Å². The fraction of sp³-hybridized carbons (Fsp3) is 0.500. The second-order valence-electron chi connectivity index (χ2n) is 7.11. The average Bonchev–Trinajstić information content (AvgIpc) is 3.39. The molecule has 2 unspecified atom stereocenters. The van der Waals surface area contributed by atoms with Crippen molar-refractivity contribution in [3.05, 3.63) is 36.5 Å². The number of nitrogens with zero attached hydrogens (tertiary/aromatic N) is 4. The predicted octanol–water partition coefficient (Wildman–Crippen LogP) is -0.0933. The Bertz CT molecular complexity index is 968. The van der Waals surface area contributed by atoms with E-state index in [-0.39, 0.29) is 18.9 Å². The first kappa shape index (κ1) is 20.0. The van der Waals surface area contributed by atoms with E-state index in [2.05, 4.69) is 20.6 Å². The third kappa shape index (κ3) is 4.17. The monoisotopic (exact) mass is 420 g/mol. The first-order valence-electron chi connectivity index (χ1n) is 9.52. The number of ether oxygens (including phenoxy) is 1. The molecule has 0 aromatic carbocycles. The Hall–Kier alpha value is -2.34. The lowest BCUT2D eigenvalue weighted by atomic mass is 10.2. The van der Waals surface area contributed by atoms with Crippen LogP contribution in [0.2, 0.25) is 0 Å². The van der Waals surface area contributed by atoms with E-state index in [1.165, 1.54) is 4.31 Å². The standard InChI is InChI=1S/C18H24N6O4S/c1-13-19-4-5-24(13)17-3-2-14(11-21-17)22-18(25)16-10-15(12-20-16)29(26,27)23-6-8-28-9-7-23/h2-5,11,15-16,20H,6-10,12H2,1H3,(H,22,25). The number of carbonyl (C=O) groups excluding carboxylic acids is 1. The molecular formula is C18H24N6O4S. The van der Waals surface area contributed by atoms with Crippen LogP contribution in [0.3, 0.4) is 0 Å². The second-order valence-corrected chi connectivity index (χ2v) is 9.33. The summed E-state index contributed by atoms with van der Waals surface area (Å²) in [5, 5.41) is 5.23. The number of hydrogen-bond acceptors (Lipinski definition) is 7. The number of aryl methyl sites for hydroxylation is 1. The molecule has 2 aromatic heterocycles. The molecule has 2 aromatic rings. The summed E-state index contributed by atoms with van der Waals surface area (Å²) in [4.78, 5) is 21.1. The zero-order chi connectivity index (χ0) is 20.4. The molecule has 1 amide bonds. The number of nitrogens with one attached hydrogen (secondary N) is 2. The van der Waals surface area contributed by atoms with Crippen molar-refractivity contribution in [3.63, 3.8) is 0 Å². The molecule has 2 fully saturated rings. The van der Waals surface area contributed by atoms with Gasteiger partial charge in [0, 0.05) is 32.0 Å². The van der Waals surface area contributed by atoms with Crippen LogP contribution in [0.4, 0.5) is 5.69 Å². The van der Waals surface area contributed by atoms with Crippen molar-refractivity contribution in [2.24, 2.45) is 0 Å². The van der Waals surface area contributed by atoms with Crippen LogP contribution in [0.15, 0.2) is 30.7 Å². The average molecular weight is 420 g/mol. The highest BCUT2D eigenvalue weighted by molar-refractivity contribution is 7.89. The molecule has 0 bridgehead atoms. The number of carbonyl (C=O) groups is 1. The minimum Gasteiger partial charge on any atom is -0.379 e. The maximum atomic E-state index is 12.8. The largest absolute Gasteiger partial charge is 0.379 e. The molecule has 2 saturated heterocycles. The van der Waals surface area contributed by atoms with E-state index in [9.17, 15) is 13.2 Å². The second kappa shape index (κ2) is 8.19. The summed E-state index contributed by atoms with van der Waals surface area (Å²) in [7, 11) is -3.45. The smallest absolute Gasteiger partial charge is 0.241 e. The van der Waals surface area contributed by atoms with E-state index >= 15 is 0 Å². The Morgan fingerprint density at radius 1 is 1.28 bits per heavy atom. The van der Waals surface area contributed by atoms with Gasteiger partial charge in [-0.2, -0.15) is 4.31 Å². The van der Waals surface area contributed by atoms with Crippen LogP contribution >= 0.6 is 0 Å². The summed E-state index contributed by atoms with van der Waals surface area (Å²) in [6, 6.07) is 2.99. The maximum absolute atomic E-state index is 12.8. The Morgan fingerprint density at radius 3 is 2.72 bits per heavy atom. The quantitative estimate of drug-likeness (QED) is 0.694. The van der Waals surface area contributed by atoms with E-state index < -0.39 is 21.3 Å². The van der Waals surface area contributed by atoms with Gasteiger partial charge in [0.25, 0.3) is 0 Å². The highest BCUT2D eigenvalue weighted by Gasteiger charge is 2.40. The molecule has 0 spiro atoms. The van der Waals surface area contributed by atoms with E-state index in [0.717, 1.165) is 5.82 Å². The van der Waals surface area contributed by atoms with E-state index in [1.807, 2.05) is 17.7 Å². The fourth-order valence-corrected chi connectivity index (χ4v) is 5.42. The number of amides is 1. The molecule has 2 atom stereocenters. The van der Waals surface area contributed by atoms with E-state index in [4.69, 9.17) is 4.74 Å². The van der Waals surface area contributed by atoms with Crippen molar-refractivity contribution in [3.8, 4) is 5.82 Å². The minimum atomic E-state index is -3.45. The van der Waals surface area contributed by atoms with Crippen LogP contribution in [0.25, 0.3) is 5.82 Å². The summed E-state index contributed by atoms with van der Waals surface area (Å²) in [6.07, 6.45) is 5.32. The number of aromatic nitrogens is 3. The zero-order valence-corrected chi connectivity index (χ0v) is 16.9. The molecule has 0 radical (unpaired) electrons. The summed E-state index contributed by atoms with van der Waals surface area (Å²) in [5.74, 6) is 1.25. The van der Waals surface area contributed by atoms with Crippen molar-refractivity contribution in [1.29, 1.82) is 0 Å². The molecule has 2 aliphatic heterocycles. The molecule has 11 heteroatoms. The van der Waals surface area contributed by atoms with Crippen LogP contribution < -0.4 is 10.6 Å². The lowest BCUT2D eigenvalue weighted by molar-refractivity contribution is -0.117. The van der Waals surface area contributed by atoms with E-state index in [0.29, 0.717) is 37.8 Å². The van der Waals surface area contributed by atoms with Crippen molar-refractivity contribution < 1.29 is 17.9 Å². The lowest BCUT2D eigenvalue weighted by Gasteiger charge is -2.28. The third-order valence-electron chi connectivity index (χ3n) is 5.25. The summed E-state index contributed by atoms with van der Waals surface area (Å²) in [5.41, 5.74) is 0.554. The van der Waals surface area contributed by atoms with Gasteiger partial charge in [0.1, 0.15) is 11.6 Å². The molecule has 0 aliphatic carbocycles. The van der Waals surface area contributed by atoms with Crippen molar-refractivity contribution in [2.45, 2.75) is 24.6 Å². The summed E-state index contributed by atoms with van der Waals surface area (Å²) >= 11 is 0. The van der Waals surface area contributed by atoms with Gasteiger partial charge in [-0.3, -0.25) is 9.36 Å². The highest BCUT2D eigenvalue weighted by atomic mass is 32.2. The third-order valence-corrected chi connectivity index (χ3v) is 7.53. The number of imidazole rings is 1. The van der Waals surface area contributed by atoms with Crippen LogP contribution in [0.5, 0.6) is 0 Å². The Kier molecular flexibility index (Phi) is 5.63. The van der Waals surface area contributed by atoms with Crippen molar-refractivity contribution in [2.75, 3.05) is 38.2 Å². The van der Waals surface area contributed by atoms with Crippen LogP contribution in [-0.2, 0) is 19.6 Å². The van der Waals surface area contributed by atoms with Gasteiger partial charge in [0.2, 0.25) is 15.9 Å². The molecule has 4 heterocycles. The first-order chi connectivity index (χ1) is 13.9. The van der Waals surface area contributed by atoms with E-state index in [1.54, 1.807) is 24.5 Å². The first-order valence-corrected chi connectivity index (χ1v) is 11.0. The predicted molar refractivity (Wildman–Crippen MR) is 106 cm³/mol. The van der Waals surface area contributed by atoms with Gasteiger partial charge in [-0.1, -0.05) is 0 Å². The summed E-state index contributed by atoms with van der Waals surface area (Å²) < 4.78 is 34.1. The lowest BCUT2D eigenvalue weighted by Crippen LogP contribution is -2.45. The van der Waals surface area contributed by atoms with Gasteiger partial charge in [-0.15, -0.1) is 0 Å². The van der Waals surface area contributed by atoms with Gasteiger partial charge in [-0.25, -0.2) is 18.4 Å². The molecule has 29 heavy (non-hydrogen) atoms. The molecule has 4 rings (SSSR count). The van der Waals surface area contributed by atoms with Crippen LogP contribution in [-0.4, -0.2) is 77.3 Å². The number of morpholine rings is 1. The molecule has 0 saturated carbocycles. The topological polar surface area (TPSA) is 118 Å². The maximum Gasteiger partial charge on any atom is 0.241 e. The Morgan fingerprint density at radius 2 is 2.07 bits per heavy atom. The Balaban J connectivity index is 1.36. The van der Waals surface area contributed by atoms with Crippen molar-refractivity contribution in [1.82, 2.24) is 24.2 Å². The SMILES string of the molecule is Cc1nccn1-c1ccc(NC(=O)C2CC(S(=O)(=O)N3CCOCC3)CN2)cn1. The molecule has 10 nitrogen and oxygen atoms in total. The number of sulfonamides is 1. The van der Waals surface area contributed by atoms with Crippen LogP contribution in [0.1, 0.15) is 12.2 Å². The number of hydrogen-bond donors (Lipinski definition) is 2. The van der Waals surface area contributed by atoms with Crippen molar-refractivity contribution >= 4 is 21.6 Å². The van der Waals surface area contributed by atoms with Gasteiger partial charge in [-0.05, 0) is 25.5 Å². The number of rotatable bonds is 5. The highest BCUT2D eigenvalue weighted by Crippen LogP contribution is 2.21. The minimum absolute atomic E-state index is 0.241.